The van der Waals surface area contributed by atoms with Crippen LogP contribution in [0.25, 0.3) is 0 Å². The molecule has 5 heteroatoms. The van der Waals surface area contributed by atoms with Gasteiger partial charge in [-0.1, -0.05) is 15.9 Å². The Kier molecular flexibility index (Phi) is 3.73. The number of hydrogen-bond acceptors (Lipinski definition) is 3. The number of carbonyl (C=O) groups excluding carboxylic acids is 1. The van der Waals surface area contributed by atoms with Crippen molar-refractivity contribution in [1.29, 1.82) is 0 Å². The zero-order valence-corrected chi connectivity index (χ0v) is 12.9. The lowest BCUT2D eigenvalue weighted by atomic mass is 9.70. The van der Waals surface area contributed by atoms with E-state index in [2.05, 4.69) is 26.6 Å². The van der Waals surface area contributed by atoms with Crippen LogP contribution in [0.15, 0.2) is 22.7 Å². The third-order valence-corrected chi connectivity index (χ3v) is 4.97. The molecule has 1 aliphatic heterocycles. The molecule has 1 saturated heterocycles. The predicted molar refractivity (Wildman–Crippen MR) is 80.9 cm³/mol. The number of piperidine rings is 1. The van der Waals surface area contributed by atoms with E-state index in [4.69, 9.17) is 0 Å². The number of rotatable bonds is 2. The van der Waals surface area contributed by atoms with Crippen LogP contribution in [0.3, 0.4) is 0 Å². The summed E-state index contributed by atoms with van der Waals surface area (Å²) in [4.78, 5) is 12.3. The van der Waals surface area contributed by atoms with Crippen molar-refractivity contribution in [3.05, 3.63) is 28.2 Å². The van der Waals surface area contributed by atoms with Gasteiger partial charge in [0.1, 0.15) is 5.75 Å². The van der Waals surface area contributed by atoms with Crippen LogP contribution in [-0.4, -0.2) is 29.1 Å². The molecular formula is C15H19BrN2O2. The van der Waals surface area contributed by atoms with Gasteiger partial charge in [-0.3, -0.25) is 4.79 Å². The van der Waals surface area contributed by atoms with E-state index >= 15 is 0 Å². The van der Waals surface area contributed by atoms with Crippen LogP contribution in [0, 0.1) is 0 Å². The molecule has 1 heterocycles. The number of phenols is 1. The minimum Gasteiger partial charge on any atom is -0.507 e. The van der Waals surface area contributed by atoms with E-state index in [1.54, 1.807) is 18.2 Å². The van der Waals surface area contributed by atoms with Crippen LogP contribution in [0.5, 0.6) is 5.75 Å². The average Bonchev–Trinajstić information content (AvgIpc) is 2.37. The highest BCUT2D eigenvalue weighted by Gasteiger charge is 2.41. The Morgan fingerprint density at radius 2 is 2.25 bits per heavy atom. The Balaban J connectivity index is 1.66. The van der Waals surface area contributed by atoms with Gasteiger partial charge in [0.2, 0.25) is 0 Å². The molecule has 2 aliphatic rings. The maximum Gasteiger partial charge on any atom is 0.255 e. The zero-order valence-electron chi connectivity index (χ0n) is 11.3. The van der Waals surface area contributed by atoms with Gasteiger partial charge in [-0.2, -0.15) is 0 Å². The molecule has 3 N–H and O–H groups in total. The molecule has 2 fully saturated rings. The molecular weight excluding hydrogens is 320 g/mol. The SMILES string of the molecule is O=C(NC1CCNC2(CCC2)C1)c1ccc(Br)cc1O. The largest absolute Gasteiger partial charge is 0.507 e. The maximum atomic E-state index is 12.3. The molecule has 0 bridgehead atoms. The molecule has 0 radical (unpaired) electrons. The van der Waals surface area contributed by atoms with Crippen LogP contribution < -0.4 is 10.6 Å². The molecule has 1 aliphatic carbocycles. The van der Waals surface area contributed by atoms with Crippen molar-refractivity contribution >= 4 is 21.8 Å². The van der Waals surface area contributed by atoms with E-state index in [0.29, 0.717) is 5.56 Å². The molecule has 20 heavy (non-hydrogen) atoms. The Bertz CT molecular complexity index is 529. The molecule has 1 unspecified atom stereocenters. The van der Waals surface area contributed by atoms with Crippen molar-refractivity contribution in [3.63, 3.8) is 0 Å². The van der Waals surface area contributed by atoms with E-state index < -0.39 is 0 Å². The van der Waals surface area contributed by atoms with Gasteiger partial charge in [0.25, 0.3) is 5.91 Å². The summed E-state index contributed by atoms with van der Waals surface area (Å²) in [5.74, 6) is -0.166. The third-order valence-electron chi connectivity index (χ3n) is 4.48. The third kappa shape index (κ3) is 2.69. The fraction of sp³-hybridized carbons (Fsp3) is 0.533. The van der Waals surface area contributed by atoms with E-state index in [-0.39, 0.29) is 23.2 Å². The topological polar surface area (TPSA) is 61.4 Å². The minimum absolute atomic E-state index is 0.0177. The lowest BCUT2D eigenvalue weighted by molar-refractivity contribution is 0.0851. The lowest BCUT2D eigenvalue weighted by Gasteiger charge is -2.48. The highest BCUT2D eigenvalue weighted by Crippen LogP contribution is 2.38. The summed E-state index contributed by atoms with van der Waals surface area (Å²) in [5, 5.41) is 16.5. The first-order chi connectivity index (χ1) is 9.58. The van der Waals surface area contributed by atoms with Gasteiger partial charge in [0.05, 0.1) is 5.56 Å². The highest BCUT2D eigenvalue weighted by atomic mass is 79.9. The van der Waals surface area contributed by atoms with Crippen LogP contribution in [-0.2, 0) is 0 Å². The van der Waals surface area contributed by atoms with Crippen molar-refractivity contribution < 1.29 is 9.90 Å². The Labute approximate surface area is 127 Å². The minimum atomic E-state index is -0.184. The molecule has 1 aromatic carbocycles. The number of phenolic OH excluding ortho intramolecular Hbond substituents is 1. The summed E-state index contributed by atoms with van der Waals surface area (Å²) >= 11 is 3.28. The second-order valence-corrected chi connectivity index (χ2v) is 6.80. The molecule has 1 spiro atoms. The van der Waals surface area contributed by atoms with Gasteiger partial charge in [-0.05, 0) is 56.8 Å². The fourth-order valence-electron chi connectivity index (χ4n) is 3.23. The number of carbonyl (C=O) groups is 1. The maximum absolute atomic E-state index is 12.3. The smallest absolute Gasteiger partial charge is 0.255 e. The second kappa shape index (κ2) is 5.37. The van der Waals surface area contributed by atoms with Crippen molar-refractivity contribution in [2.24, 2.45) is 0 Å². The van der Waals surface area contributed by atoms with E-state index in [9.17, 15) is 9.90 Å². The summed E-state index contributed by atoms with van der Waals surface area (Å²) in [6.07, 6.45) is 5.65. The molecule has 4 nitrogen and oxygen atoms in total. The summed E-state index contributed by atoms with van der Waals surface area (Å²) in [6.45, 7) is 0.956. The van der Waals surface area contributed by atoms with Crippen LogP contribution in [0.4, 0.5) is 0 Å². The average molecular weight is 339 g/mol. The number of halogens is 1. The Morgan fingerprint density at radius 3 is 2.90 bits per heavy atom. The van der Waals surface area contributed by atoms with Crippen LogP contribution >= 0.6 is 15.9 Å². The van der Waals surface area contributed by atoms with Crippen LogP contribution in [0.2, 0.25) is 0 Å². The summed E-state index contributed by atoms with van der Waals surface area (Å²) in [7, 11) is 0. The van der Waals surface area contributed by atoms with Crippen molar-refractivity contribution in [1.82, 2.24) is 10.6 Å². The predicted octanol–water partition coefficient (Wildman–Crippen LogP) is 2.56. The zero-order chi connectivity index (χ0) is 14.2. The summed E-state index contributed by atoms with van der Waals surface area (Å²) in [6, 6.07) is 5.16. The molecule has 0 aromatic heterocycles. The van der Waals surface area contributed by atoms with Crippen molar-refractivity contribution in [2.75, 3.05) is 6.54 Å². The molecule has 1 aromatic rings. The highest BCUT2D eigenvalue weighted by molar-refractivity contribution is 9.10. The van der Waals surface area contributed by atoms with Gasteiger partial charge in [-0.25, -0.2) is 0 Å². The van der Waals surface area contributed by atoms with Crippen LogP contribution in [0.1, 0.15) is 42.5 Å². The standard InChI is InChI=1S/C15H19BrN2O2/c16-10-2-3-12(13(19)8-10)14(20)18-11-4-7-17-15(9-11)5-1-6-15/h2-3,8,11,17,19H,1,4-7,9H2,(H,18,20). The Morgan fingerprint density at radius 1 is 1.45 bits per heavy atom. The van der Waals surface area contributed by atoms with Gasteiger partial charge < -0.3 is 15.7 Å². The van der Waals surface area contributed by atoms with Gasteiger partial charge in [0, 0.05) is 16.1 Å². The Hall–Kier alpha value is -1.07. The van der Waals surface area contributed by atoms with E-state index in [0.717, 1.165) is 23.9 Å². The fourth-order valence-corrected chi connectivity index (χ4v) is 3.57. The number of nitrogens with one attached hydrogen (secondary N) is 2. The number of aromatic hydroxyl groups is 1. The van der Waals surface area contributed by atoms with Gasteiger partial charge in [-0.15, -0.1) is 0 Å². The first-order valence-corrected chi connectivity index (χ1v) is 7.92. The molecule has 1 amide bonds. The number of amides is 1. The summed E-state index contributed by atoms with van der Waals surface area (Å²) < 4.78 is 0.766. The van der Waals surface area contributed by atoms with Crippen molar-refractivity contribution in [2.45, 2.75) is 43.7 Å². The normalized spacial score (nSPS) is 24.1. The lowest BCUT2D eigenvalue weighted by Crippen LogP contribution is -2.59. The van der Waals surface area contributed by atoms with E-state index in [1.165, 1.54) is 19.3 Å². The first kappa shape index (κ1) is 13.9. The second-order valence-electron chi connectivity index (χ2n) is 5.89. The number of hydrogen-bond donors (Lipinski definition) is 3. The first-order valence-electron chi connectivity index (χ1n) is 7.12. The monoisotopic (exact) mass is 338 g/mol. The van der Waals surface area contributed by atoms with Crippen molar-refractivity contribution in [3.8, 4) is 5.75 Å². The van der Waals surface area contributed by atoms with E-state index in [1.807, 2.05) is 0 Å². The summed E-state index contributed by atoms with van der Waals surface area (Å²) in [5.41, 5.74) is 0.604. The quantitative estimate of drug-likeness (QED) is 0.776. The number of benzene rings is 1. The van der Waals surface area contributed by atoms with Gasteiger partial charge >= 0.3 is 0 Å². The molecule has 1 saturated carbocycles. The van der Waals surface area contributed by atoms with Gasteiger partial charge in [0.15, 0.2) is 0 Å². The molecule has 108 valence electrons. The molecule has 1 atom stereocenters. The molecule has 3 rings (SSSR count).